The molecule has 2 rings (SSSR count). The summed E-state index contributed by atoms with van der Waals surface area (Å²) >= 11 is 17.0. The molecule has 0 aliphatic carbocycles. The van der Waals surface area contributed by atoms with Gasteiger partial charge in [-0.3, -0.25) is 11.3 Å². The van der Waals surface area contributed by atoms with E-state index < -0.39 is 0 Å². The van der Waals surface area contributed by atoms with E-state index in [4.69, 9.17) is 29.0 Å². The van der Waals surface area contributed by atoms with Crippen LogP contribution in [0.25, 0.3) is 0 Å². The number of nitrogens with one attached hydrogen (secondary N) is 1. The molecule has 2 aromatic rings. The van der Waals surface area contributed by atoms with Crippen molar-refractivity contribution in [3.05, 3.63) is 54.6 Å². The molecule has 1 atom stereocenters. The molecule has 6 heteroatoms. The lowest BCUT2D eigenvalue weighted by Gasteiger charge is -2.16. The van der Waals surface area contributed by atoms with Gasteiger partial charge in [-0.2, -0.15) is 0 Å². The van der Waals surface area contributed by atoms with E-state index in [-0.39, 0.29) is 6.04 Å². The minimum atomic E-state index is 0.00900. The summed E-state index contributed by atoms with van der Waals surface area (Å²) < 4.78 is 1.72. The number of halogens is 3. The Balaban J connectivity index is 2.22. The number of nitrogens with two attached hydrogens (primary N) is 1. The summed E-state index contributed by atoms with van der Waals surface area (Å²) in [5, 5.41) is 0.684. The van der Waals surface area contributed by atoms with Gasteiger partial charge in [-0.1, -0.05) is 39.1 Å². The van der Waals surface area contributed by atoms with Crippen molar-refractivity contribution in [1.82, 2.24) is 5.43 Å². The van der Waals surface area contributed by atoms with Crippen LogP contribution >= 0.6 is 50.5 Å². The Bertz CT molecular complexity index is 524. The van der Waals surface area contributed by atoms with Crippen molar-refractivity contribution in [2.45, 2.75) is 12.5 Å². The maximum atomic E-state index is 6.04. The molecule has 0 saturated heterocycles. The van der Waals surface area contributed by atoms with Gasteiger partial charge < -0.3 is 0 Å². The molecule has 0 bridgehead atoms. The minimum absolute atomic E-state index is 0.00900. The molecule has 2 nitrogen and oxygen atoms in total. The van der Waals surface area contributed by atoms with Crippen LogP contribution in [0.3, 0.4) is 0 Å². The summed E-state index contributed by atoms with van der Waals surface area (Å²) in [6, 6.07) is 9.67. The van der Waals surface area contributed by atoms with E-state index >= 15 is 0 Å². The fraction of sp³-hybridized carbons (Fsp3) is 0.167. The van der Waals surface area contributed by atoms with Crippen molar-refractivity contribution in [1.29, 1.82) is 0 Å². The number of hydrogen-bond acceptors (Lipinski definition) is 3. The highest BCUT2D eigenvalue weighted by Crippen LogP contribution is 2.29. The van der Waals surface area contributed by atoms with Gasteiger partial charge in [-0.15, -0.1) is 11.3 Å². The molecule has 0 fully saturated rings. The van der Waals surface area contributed by atoms with Crippen molar-refractivity contribution in [2.24, 2.45) is 5.84 Å². The van der Waals surface area contributed by atoms with E-state index in [1.165, 1.54) is 4.88 Å². The number of benzene rings is 1. The van der Waals surface area contributed by atoms with Gasteiger partial charge in [0, 0.05) is 20.8 Å². The summed E-state index contributed by atoms with van der Waals surface area (Å²) in [5.41, 5.74) is 3.86. The summed E-state index contributed by atoms with van der Waals surface area (Å²) in [6.45, 7) is 0. The van der Waals surface area contributed by atoms with Crippen LogP contribution in [-0.4, -0.2) is 0 Å². The standard InChI is InChI=1S/C12H11BrCl2N2S/c13-8-3-7(4-9(14)5-8)11(17-16)6-10-1-2-12(15)18-10/h1-5,11,17H,6,16H2. The second kappa shape index (κ2) is 6.37. The number of hydrogen-bond donors (Lipinski definition) is 2. The van der Waals surface area contributed by atoms with Gasteiger partial charge in [-0.25, -0.2) is 0 Å². The summed E-state index contributed by atoms with van der Waals surface area (Å²) in [4.78, 5) is 1.18. The monoisotopic (exact) mass is 364 g/mol. The van der Waals surface area contributed by atoms with E-state index in [0.29, 0.717) is 5.02 Å². The first-order chi connectivity index (χ1) is 8.58. The third kappa shape index (κ3) is 3.70. The Morgan fingerprint density at radius 3 is 2.61 bits per heavy atom. The third-order valence-corrected chi connectivity index (χ3v) is 4.45. The Morgan fingerprint density at radius 2 is 2.06 bits per heavy atom. The lowest BCUT2D eigenvalue weighted by molar-refractivity contribution is 0.555. The zero-order valence-electron chi connectivity index (χ0n) is 9.29. The average molecular weight is 366 g/mol. The molecule has 1 aromatic carbocycles. The molecule has 18 heavy (non-hydrogen) atoms. The van der Waals surface area contributed by atoms with E-state index in [2.05, 4.69) is 21.4 Å². The van der Waals surface area contributed by atoms with Gasteiger partial charge in [0.15, 0.2) is 0 Å². The van der Waals surface area contributed by atoms with E-state index in [1.54, 1.807) is 11.3 Å². The second-order valence-corrected chi connectivity index (χ2v) is 6.98. The van der Waals surface area contributed by atoms with Crippen LogP contribution < -0.4 is 11.3 Å². The van der Waals surface area contributed by atoms with Crippen LogP contribution in [0.2, 0.25) is 9.36 Å². The zero-order chi connectivity index (χ0) is 13.1. The fourth-order valence-corrected chi connectivity index (χ4v) is 3.73. The molecule has 0 saturated carbocycles. The smallest absolute Gasteiger partial charge is 0.0931 e. The van der Waals surface area contributed by atoms with E-state index in [0.717, 1.165) is 20.8 Å². The first-order valence-electron chi connectivity index (χ1n) is 5.25. The molecule has 0 amide bonds. The summed E-state index contributed by atoms with van der Waals surface area (Å²) in [7, 11) is 0. The third-order valence-electron chi connectivity index (χ3n) is 2.52. The van der Waals surface area contributed by atoms with Gasteiger partial charge >= 0.3 is 0 Å². The first kappa shape index (κ1) is 14.3. The Hall–Kier alpha value is -0.100. The highest BCUT2D eigenvalue weighted by atomic mass is 79.9. The van der Waals surface area contributed by atoms with Crippen LogP contribution in [0.4, 0.5) is 0 Å². The molecule has 1 heterocycles. The topological polar surface area (TPSA) is 38.0 Å². The van der Waals surface area contributed by atoms with Crippen LogP contribution in [0.1, 0.15) is 16.5 Å². The van der Waals surface area contributed by atoms with E-state index in [9.17, 15) is 0 Å². The maximum absolute atomic E-state index is 6.04. The Labute approximate surface area is 128 Å². The largest absolute Gasteiger partial charge is 0.271 e. The molecular formula is C12H11BrCl2N2S. The average Bonchev–Trinajstić information content (AvgIpc) is 2.70. The molecule has 1 aromatic heterocycles. The minimum Gasteiger partial charge on any atom is -0.271 e. The Kier molecular flexibility index (Phi) is 5.06. The predicted octanol–water partition coefficient (Wildman–Crippen LogP) is 4.56. The number of hydrazine groups is 1. The van der Waals surface area contributed by atoms with Gasteiger partial charge in [0.1, 0.15) is 0 Å². The second-order valence-electron chi connectivity index (χ2n) is 3.83. The lowest BCUT2D eigenvalue weighted by Crippen LogP contribution is -2.29. The first-order valence-corrected chi connectivity index (χ1v) is 7.61. The quantitative estimate of drug-likeness (QED) is 0.615. The van der Waals surface area contributed by atoms with Crippen molar-refractivity contribution in [2.75, 3.05) is 0 Å². The molecular weight excluding hydrogens is 355 g/mol. The number of thiophene rings is 1. The molecule has 0 radical (unpaired) electrons. The van der Waals surface area contributed by atoms with Crippen molar-refractivity contribution >= 4 is 50.5 Å². The highest BCUT2D eigenvalue weighted by Gasteiger charge is 2.13. The molecule has 0 aliphatic rings. The van der Waals surface area contributed by atoms with Gasteiger partial charge in [-0.05, 0) is 35.9 Å². The fourth-order valence-electron chi connectivity index (χ4n) is 1.71. The molecule has 0 spiro atoms. The van der Waals surface area contributed by atoms with Gasteiger partial charge in [0.25, 0.3) is 0 Å². The molecule has 3 N–H and O–H groups in total. The van der Waals surface area contributed by atoms with Crippen LogP contribution in [0.5, 0.6) is 0 Å². The van der Waals surface area contributed by atoms with Crippen LogP contribution in [0.15, 0.2) is 34.8 Å². The van der Waals surface area contributed by atoms with Crippen molar-refractivity contribution in [3.63, 3.8) is 0 Å². The number of rotatable bonds is 4. The maximum Gasteiger partial charge on any atom is 0.0931 e. The SMILES string of the molecule is NNC(Cc1ccc(Cl)s1)c1cc(Cl)cc(Br)c1. The lowest BCUT2D eigenvalue weighted by atomic mass is 10.0. The Morgan fingerprint density at radius 1 is 1.28 bits per heavy atom. The summed E-state index contributed by atoms with van der Waals surface area (Å²) in [5.74, 6) is 5.62. The molecule has 0 aliphatic heterocycles. The normalized spacial score (nSPS) is 12.7. The zero-order valence-corrected chi connectivity index (χ0v) is 13.2. The van der Waals surface area contributed by atoms with Gasteiger partial charge in [0.2, 0.25) is 0 Å². The van der Waals surface area contributed by atoms with Crippen molar-refractivity contribution in [3.8, 4) is 0 Å². The van der Waals surface area contributed by atoms with Gasteiger partial charge in [0.05, 0.1) is 10.4 Å². The summed E-state index contributed by atoms with van der Waals surface area (Å²) in [6.07, 6.45) is 0.778. The van der Waals surface area contributed by atoms with Crippen LogP contribution in [0, 0.1) is 0 Å². The highest BCUT2D eigenvalue weighted by molar-refractivity contribution is 9.10. The molecule has 96 valence electrons. The van der Waals surface area contributed by atoms with Crippen molar-refractivity contribution < 1.29 is 0 Å². The molecule has 1 unspecified atom stereocenters. The van der Waals surface area contributed by atoms with Crippen LogP contribution in [-0.2, 0) is 6.42 Å². The predicted molar refractivity (Wildman–Crippen MR) is 82.2 cm³/mol. The van der Waals surface area contributed by atoms with E-state index in [1.807, 2.05) is 30.3 Å².